The molecule has 0 unspecified atom stereocenters. The van der Waals surface area contributed by atoms with Crippen molar-refractivity contribution in [2.75, 3.05) is 31.1 Å². The third-order valence-electron chi connectivity index (χ3n) is 7.20. The molecule has 0 aliphatic carbocycles. The number of para-hydroxylation sites is 1. The van der Waals surface area contributed by atoms with Crippen molar-refractivity contribution in [2.24, 2.45) is 0 Å². The maximum atomic E-state index is 12.3. The lowest BCUT2D eigenvalue weighted by Crippen LogP contribution is -2.36. The molecule has 3 N–H and O–H groups in total. The minimum absolute atomic E-state index is 0.0690. The van der Waals surface area contributed by atoms with Crippen LogP contribution in [0.3, 0.4) is 0 Å². The van der Waals surface area contributed by atoms with Crippen molar-refractivity contribution < 1.29 is 19.4 Å². The first-order valence-electron chi connectivity index (χ1n) is 13.0. The lowest BCUT2D eigenvalue weighted by atomic mass is 10.0. The van der Waals surface area contributed by atoms with Gasteiger partial charge in [0.15, 0.2) is 5.43 Å². The summed E-state index contributed by atoms with van der Waals surface area (Å²) in [7, 11) is 0. The quantitative estimate of drug-likeness (QED) is 0.330. The number of phenols is 2. The second-order valence-corrected chi connectivity index (χ2v) is 9.80. The van der Waals surface area contributed by atoms with Gasteiger partial charge in [0.25, 0.3) is 0 Å². The zero-order chi connectivity index (χ0) is 25.8. The van der Waals surface area contributed by atoms with E-state index in [0.29, 0.717) is 31.8 Å². The predicted octanol–water partition coefficient (Wildman–Crippen LogP) is 4.03. The number of hydrogen-bond donors (Lipinski definition) is 3. The Labute approximate surface area is 215 Å². The Morgan fingerprint density at radius 2 is 1.78 bits per heavy atom. The number of hydrogen-bond acceptors (Lipinski definition) is 7. The predicted molar refractivity (Wildman–Crippen MR) is 143 cm³/mol. The van der Waals surface area contributed by atoms with Crippen molar-refractivity contribution in [3.05, 3.63) is 75.7 Å². The third kappa shape index (κ3) is 5.80. The van der Waals surface area contributed by atoms with Crippen molar-refractivity contribution in [3.8, 4) is 11.5 Å². The van der Waals surface area contributed by atoms with Gasteiger partial charge in [-0.15, -0.1) is 0 Å². The number of likely N-dealkylation sites (tertiary alicyclic amines) is 1. The van der Waals surface area contributed by atoms with E-state index in [0.717, 1.165) is 51.4 Å². The molecule has 2 aliphatic heterocycles. The Bertz CT molecular complexity index is 1370. The van der Waals surface area contributed by atoms with E-state index in [1.54, 1.807) is 0 Å². The van der Waals surface area contributed by atoms with Gasteiger partial charge in [-0.3, -0.25) is 9.59 Å². The normalized spacial score (nSPS) is 16.4. The number of aromatic hydroxyl groups is 2. The van der Waals surface area contributed by atoms with E-state index in [4.69, 9.17) is 4.42 Å². The molecule has 3 aromatic rings. The van der Waals surface area contributed by atoms with Gasteiger partial charge in [0, 0.05) is 63.0 Å². The topological polar surface area (TPSA) is 106 Å². The van der Waals surface area contributed by atoms with Gasteiger partial charge in [0.1, 0.15) is 28.2 Å². The van der Waals surface area contributed by atoms with Crippen LogP contribution in [0.2, 0.25) is 0 Å². The summed E-state index contributed by atoms with van der Waals surface area (Å²) in [5.41, 5.74) is 3.65. The molecule has 37 heavy (non-hydrogen) atoms. The van der Waals surface area contributed by atoms with E-state index in [2.05, 4.69) is 40.6 Å². The number of nitrogens with zero attached hydrogens (tertiary/aromatic N) is 2. The Kier molecular flexibility index (Phi) is 7.46. The van der Waals surface area contributed by atoms with Crippen LogP contribution >= 0.6 is 0 Å². The van der Waals surface area contributed by atoms with Crippen molar-refractivity contribution in [1.82, 2.24) is 10.2 Å². The van der Waals surface area contributed by atoms with Gasteiger partial charge in [0.2, 0.25) is 5.91 Å². The summed E-state index contributed by atoms with van der Waals surface area (Å²) >= 11 is 0. The molecule has 0 spiro atoms. The number of piperidine rings is 2. The lowest BCUT2D eigenvalue weighted by molar-refractivity contribution is -0.133. The molecule has 2 aliphatic rings. The molecule has 194 valence electrons. The molecule has 1 aromatic heterocycles. The summed E-state index contributed by atoms with van der Waals surface area (Å²) < 4.78 is 5.70. The number of nitrogens with one attached hydrogen (secondary N) is 1. The van der Waals surface area contributed by atoms with Gasteiger partial charge in [0.05, 0.1) is 6.54 Å². The van der Waals surface area contributed by atoms with Gasteiger partial charge in [-0.1, -0.05) is 29.8 Å². The molecule has 0 atom stereocenters. The van der Waals surface area contributed by atoms with Gasteiger partial charge >= 0.3 is 0 Å². The molecule has 8 heteroatoms. The summed E-state index contributed by atoms with van der Waals surface area (Å²) in [5.74, 6) is 0.259. The van der Waals surface area contributed by atoms with Crippen LogP contribution in [-0.2, 0) is 17.9 Å². The van der Waals surface area contributed by atoms with Gasteiger partial charge < -0.3 is 29.7 Å². The standard InChI is InChI=1S/C29H33N3O5/c33-22-15-25(34)29-26(35)17-23(37-27(29)16-22)18-30-11-8-20-9-13-31(14-10-20)24-6-2-1-5-21(24)19-32-12-4-3-7-28(32)36/h1-2,5-6,8,15-17,30,33-34H,3-4,7,9-14,18-19H2. The number of carbonyl (C=O) groups excluding carboxylic acids is 1. The fourth-order valence-electron chi connectivity index (χ4n) is 5.23. The Balaban J connectivity index is 1.15. The van der Waals surface area contributed by atoms with Crippen LogP contribution in [0.4, 0.5) is 5.69 Å². The van der Waals surface area contributed by atoms with Crippen LogP contribution in [0.15, 0.2) is 63.3 Å². The number of phenolic OH excluding ortho intramolecular Hbond substituents is 2. The molecule has 2 saturated heterocycles. The summed E-state index contributed by atoms with van der Waals surface area (Å²) in [6.45, 7) is 4.41. The average molecular weight is 504 g/mol. The molecule has 5 rings (SSSR count). The number of benzene rings is 2. The van der Waals surface area contributed by atoms with Crippen molar-refractivity contribution >= 4 is 22.6 Å². The van der Waals surface area contributed by atoms with E-state index in [1.165, 1.54) is 29.0 Å². The van der Waals surface area contributed by atoms with Crippen LogP contribution in [0.1, 0.15) is 43.4 Å². The van der Waals surface area contributed by atoms with Crippen molar-refractivity contribution in [3.63, 3.8) is 0 Å². The zero-order valence-corrected chi connectivity index (χ0v) is 20.9. The molecule has 0 saturated carbocycles. The zero-order valence-electron chi connectivity index (χ0n) is 20.9. The minimum atomic E-state index is -0.341. The van der Waals surface area contributed by atoms with Crippen molar-refractivity contribution in [1.29, 1.82) is 0 Å². The van der Waals surface area contributed by atoms with E-state index < -0.39 is 0 Å². The maximum absolute atomic E-state index is 12.3. The second kappa shape index (κ2) is 11.1. The Morgan fingerprint density at radius 1 is 0.973 bits per heavy atom. The summed E-state index contributed by atoms with van der Waals surface area (Å²) in [6.07, 6.45) is 6.89. The first-order valence-corrected chi connectivity index (χ1v) is 13.0. The number of rotatable bonds is 7. The van der Waals surface area contributed by atoms with E-state index in [1.807, 2.05) is 4.90 Å². The third-order valence-corrected chi connectivity index (χ3v) is 7.20. The fraction of sp³-hybridized carbons (Fsp3) is 0.379. The molecule has 1 amide bonds. The Morgan fingerprint density at radius 3 is 2.59 bits per heavy atom. The molecule has 2 fully saturated rings. The van der Waals surface area contributed by atoms with Gasteiger partial charge in [-0.25, -0.2) is 0 Å². The molecule has 0 bridgehead atoms. The fourth-order valence-corrected chi connectivity index (χ4v) is 5.23. The van der Waals surface area contributed by atoms with E-state index >= 15 is 0 Å². The highest BCUT2D eigenvalue weighted by atomic mass is 16.3. The molecular weight excluding hydrogens is 470 g/mol. The van der Waals surface area contributed by atoms with Crippen LogP contribution < -0.4 is 15.6 Å². The number of anilines is 1. The molecule has 3 heterocycles. The number of fused-ring (bicyclic) bond motifs is 1. The van der Waals surface area contributed by atoms with Crippen LogP contribution in [0, 0.1) is 0 Å². The van der Waals surface area contributed by atoms with Crippen LogP contribution in [0.25, 0.3) is 11.0 Å². The van der Waals surface area contributed by atoms with Crippen LogP contribution in [0.5, 0.6) is 11.5 Å². The molecular formula is C29H33N3O5. The summed E-state index contributed by atoms with van der Waals surface area (Å²) in [4.78, 5) is 29.1. The van der Waals surface area contributed by atoms with E-state index in [9.17, 15) is 19.8 Å². The first-order chi connectivity index (χ1) is 18.0. The second-order valence-electron chi connectivity index (χ2n) is 9.80. The highest BCUT2D eigenvalue weighted by Crippen LogP contribution is 2.29. The molecule has 2 aromatic carbocycles. The highest BCUT2D eigenvalue weighted by Gasteiger charge is 2.22. The van der Waals surface area contributed by atoms with E-state index in [-0.39, 0.29) is 33.8 Å². The summed E-state index contributed by atoms with van der Waals surface area (Å²) in [5, 5.41) is 22.9. The number of carbonyl (C=O) groups is 1. The minimum Gasteiger partial charge on any atom is -0.508 e. The highest BCUT2D eigenvalue weighted by molar-refractivity contribution is 5.84. The van der Waals surface area contributed by atoms with Gasteiger partial charge in [-0.2, -0.15) is 0 Å². The van der Waals surface area contributed by atoms with Crippen molar-refractivity contribution in [2.45, 2.75) is 45.2 Å². The SMILES string of the molecule is O=C1CCCCN1Cc1ccccc1N1CCC(=CCNCc2cc(=O)c3c(O)cc(O)cc3o2)CC1. The van der Waals surface area contributed by atoms with Crippen LogP contribution in [-0.4, -0.2) is 47.2 Å². The average Bonchev–Trinajstić information content (AvgIpc) is 2.88. The number of amides is 1. The summed E-state index contributed by atoms with van der Waals surface area (Å²) in [6, 6.07) is 12.3. The monoisotopic (exact) mass is 503 g/mol. The van der Waals surface area contributed by atoms with Gasteiger partial charge in [-0.05, 0) is 37.3 Å². The maximum Gasteiger partial charge on any atom is 0.222 e. The lowest BCUT2D eigenvalue weighted by Gasteiger charge is -2.34. The smallest absolute Gasteiger partial charge is 0.222 e. The largest absolute Gasteiger partial charge is 0.508 e. The molecule has 8 nitrogen and oxygen atoms in total. The Hall–Kier alpha value is -3.78. The first kappa shape index (κ1) is 24.9. The molecule has 0 radical (unpaired) electrons.